The van der Waals surface area contributed by atoms with E-state index in [0.29, 0.717) is 18.3 Å². The molecule has 1 aromatic rings. The first kappa shape index (κ1) is 17.0. The molecule has 0 saturated heterocycles. The first-order valence-corrected chi connectivity index (χ1v) is 6.76. The minimum atomic E-state index is -1.35. The Hall–Kier alpha value is -2.08. The van der Waals surface area contributed by atoms with E-state index in [1.54, 1.807) is 24.3 Å². The average Bonchev–Trinajstić information content (AvgIpc) is 2.41. The van der Waals surface area contributed by atoms with Gasteiger partial charge in [0.1, 0.15) is 5.75 Å². The zero-order valence-corrected chi connectivity index (χ0v) is 12.4. The number of carboxylic acids is 1. The molecule has 21 heavy (non-hydrogen) atoms. The minimum Gasteiger partial charge on any atom is -0.493 e. The number of aliphatic hydroxyl groups excluding tert-OH is 1. The number of amides is 1. The molecule has 6 nitrogen and oxygen atoms in total. The molecule has 0 aliphatic carbocycles. The zero-order chi connectivity index (χ0) is 16.0. The highest BCUT2D eigenvalue weighted by atomic mass is 16.5. The Morgan fingerprint density at radius 2 is 1.95 bits per heavy atom. The van der Waals surface area contributed by atoms with Crippen LogP contribution in [0.5, 0.6) is 5.75 Å². The highest BCUT2D eigenvalue weighted by Crippen LogP contribution is 2.14. The summed E-state index contributed by atoms with van der Waals surface area (Å²) in [4.78, 5) is 23.0. The highest BCUT2D eigenvalue weighted by molar-refractivity contribution is 5.97. The van der Waals surface area contributed by atoms with Gasteiger partial charge in [0.2, 0.25) is 0 Å². The van der Waals surface area contributed by atoms with Gasteiger partial charge in [-0.25, -0.2) is 4.79 Å². The third kappa shape index (κ3) is 5.43. The van der Waals surface area contributed by atoms with Gasteiger partial charge in [0, 0.05) is 5.56 Å². The van der Waals surface area contributed by atoms with Crippen molar-refractivity contribution in [3.05, 3.63) is 29.8 Å². The number of carbonyl (C=O) groups is 2. The SMILES string of the molecule is CC(C)COc1cccc(C(=O)N[C@H](C(=O)O)[C@@H](C)O)c1. The summed E-state index contributed by atoms with van der Waals surface area (Å²) < 4.78 is 5.51. The Morgan fingerprint density at radius 1 is 1.29 bits per heavy atom. The van der Waals surface area contributed by atoms with Crippen molar-refractivity contribution in [2.45, 2.75) is 32.9 Å². The van der Waals surface area contributed by atoms with Crippen LogP contribution in [0.1, 0.15) is 31.1 Å². The molecule has 1 aromatic carbocycles. The number of ether oxygens (including phenoxy) is 1. The molecule has 2 atom stereocenters. The molecule has 6 heteroatoms. The number of rotatable bonds is 7. The molecule has 1 rings (SSSR count). The Kier molecular flexibility index (Phi) is 6.17. The van der Waals surface area contributed by atoms with Gasteiger partial charge in [-0.1, -0.05) is 19.9 Å². The molecule has 0 saturated carbocycles. The number of hydrogen-bond acceptors (Lipinski definition) is 4. The van der Waals surface area contributed by atoms with Crippen molar-refractivity contribution in [1.82, 2.24) is 5.32 Å². The van der Waals surface area contributed by atoms with Crippen LogP contribution in [0.4, 0.5) is 0 Å². The predicted molar refractivity (Wildman–Crippen MR) is 77.3 cm³/mol. The third-order valence-corrected chi connectivity index (χ3v) is 2.71. The van der Waals surface area contributed by atoms with Crippen molar-refractivity contribution in [3.8, 4) is 5.75 Å². The number of carboxylic acid groups (broad SMARTS) is 1. The van der Waals surface area contributed by atoms with Crippen molar-refractivity contribution in [1.29, 1.82) is 0 Å². The second-order valence-corrected chi connectivity index (χ2v) is 5.26. The molecule has 0 radical (unpaired) electrons. The largest absolute Gasteiger partial charge is 0.493 e. The van der Waals surface area contributed by atoms with E-state index in [-0.39, 0.29) is 5.56 Å². The van der Waals surface area contributed by atoms with Crippen LogP contribution in [0, 0.1) is 5.92 Å². The molecule has 3 N–H and O–H groups in total. The van der Waals surface area contributed by atoms with Crippen molar-refractivity contribution < 1.29 is 24.5 Å². The van der Waals surface area contributed by atoms with Gasteiger partial charge in [0.15, 0.2) is 6.04 Å². The van der Waals surface area contributed by atoms with Crippen molar-refractivity contribution in [2.75, 3.05) is 6.61 Å². The van der Waals surface area contributed by atoms with Gasteiger partial charge in [-0.2, -0.15) is 0 Å². The first-order valence-electron chi connectivity index (χ1n) is 6.76. The Labute approximate surface area is 123 Å². The van der Waals surface area contributed by atoms with E-state index >= 15 is 0 Å². The monoisotopic (exact) mass is 295 g/mol. The molecule has 0 aliphatic rings. The third-order valence-electron chi connectivity index (χ3n) is 2.71. The van der Waals surface area contributed by atoms with Crippen LogP contribution < -0.4 is 10.1 Å². The van der Waals surface area contributed by atoms with Gasteiger partial charge >= 0.3 is 5.97 Å². The number of hydrogen-bond donors (Lipinski definition) is 3. The lowest BCUT2D eigenvalue weighted by atomic mass is 10.1. The van der Waals surface area contributed by atoms with Gasteiger partial charge in [-0.05, 0) is 31.0 Å². The van der Waals surface area contributed by atoms with Crippen LogP contribution in [0.2, 0.25) is 0 Å². The Bertz CT molecular complexity index is 499. The maximum absolute atomic E-state index is 12.0. The van der Waals surface area contributed by atoms with Gasteiger partial charge in [0.05, 0.1) is 12.7 Å². The van der Waals surface area contributed by atoms with Crippen LogP contribution in [-0.4, -0.2) is 40.8 Å². The van der Waals surface area contributed by atoms with E-state index < -0.39 is 24.0 Å². The van der Waals surface area contributed by atoms with E-state index in [2.05, 4.69) is 5.32 Å². The molecule has 0 spiro atoms. The Balaban J connectivity index is 2.78. The molecule has 0 aromatic heterocycles. The van der Waals surface area contributed by atoms with Crippen molar-refractivity contribution in [2.24, 2.45) is 5.92 Å². The van der Waals surface area contributed by atoms with Crippen LogP contribution in [-0.2, 0) is 4.79 Å². The normalized spacial score (nSPS) is 13.6. The fourth-order valence-electron chi connectivity index (χ4n) is 1.60. The lowest BCUT2D eigenvalue weighted by molar-refractivity contribution is -0.141. The van der Waals surface area contributed by atoms with Gasteiger partial charge in [-0.3, -0.25) is 4.79 Å². The molecule has 116 valence electrons. The topological polar surface area (TPSA) is 95.9 Å². The summed E-state index contributed by atoms with van der Waals surface area (Å²) in [5, 5.41) is 20.6. The molecule has 0 unspecified atom stereocenters. The van der Waals surface area contributed by atoms with Crippen molar-refractivity contribution in [3.63, 3.8) is 0 Å². The van der Waals surface area contributed by atoms with E-state index in [0.717, 1.165) is 0 Å². The standard InChI is InChI=1S/C15H21NO5/c1-9(2)8-21-12-6-4-5-11(7-12)14(18)16-13(10(3)17)15(19)20/h4-7,9-10,13,17H,8H2,1-3H3,(H,16,18)(H,19,20)/t10-,13+/m1/s1. The summed E-state index contributed by atoms with van der Waals surface area (Å²) in [7, 11) is 0. The van der Waals surface area contributed by atoms with E-state index in [1.807, 2.05) is 13.8 Å². The number of nitrogens with one attached hydrogen (secondary N) is 1. The second kappa shape index (κ2) is 7.64. The average molecular weight is 295 g/mol. The van der Waals surface area contributed by atoms with Gasteiger partial charge < -0.3 is 20.3 Å². The quantitative estimate of drug-likeness (QED) is 0.704. The highest BCUT2D eigenvalue weighted by Gasteiger charge is 2.25. The maximum atomic E-state index is 12.0. The second-order valence-electron chi connectivity index (χ2n) is 5.26. The van der Waals surface area contributed by atoms with Gasteiger partial charge in [-0.15, -0.1) is 0 Å². The van der Waals surface area contributed by atoms with E-state index in [9.17, 15) is 14.7 Å². The molecule has 1 amide bonds. The summed E-state index contributed by atoms with van der Waals surface area (Å²) >= 11 is 0. The minimum absolute atomic E-state index is 0.281. The first-order chi connectivity index (χ1) is 9.81. The van der Waals surface area contributed by atoms with E-state index in [4.69, 9.17) is 9.84 Å². The summed E-state index contributed by atoms with van der Waals surface area (Å²) in [6.07, 6.45) is -1.19. The number of aliphatic carboxylic acids is 1. The smallest absolute Gasteiger partial charge is 0.328 e. The lowest BCUT2D eigenvalue weighted by Crippen LogP contribution is -2.47. The number of aliphatic hydroxyl groups is 1. The van der Waals surface area contributed by atoms with Gasteiger partial charge in [0.25, 0.3) is 5.91 Å². The van der Waals surface area contributed by atoms with Crippen LogP contribution >= 0.6 is 0 Å². The van der Waals surface area contributed by atoms with Crippen LogP contribution in [0.15, 0.2) is 24.3 Å². The summed E-state index contributed by atoms with van der Waals surface area (Å²) in [5.41, 5.74) is 0.281. The molecule has 0 bridgehead atoms. The fourth-order valence-corrected chi connectivity index (χ4v) is 1.60. The number of carbonyl (C=O) groups excluding carboxylic acids is 1. The molecule has 0 fully saturated rings. The van der Waals surface area contributed by atoms with Crippen molar-refractivity contribution >= 4 is 11.9 Å². The molecular weight excluding hydrogens is 274 g/mol. The molecular formula is C15H21NO5. The number of benzene rings is 1. The predicted octanol–water partition coefficient (Wildman–Crippen LogP) is 1.29. The summed E-state index contributed by atoms with van der Waals surface area (Å²) in [6.45, 7) is 5.85. The van der Waals surface area contributed by atoms with E-state index in [1.165, 1.54) is 6.92 Å². The van der Waals surface area contributed by atoms with Crippen LogP contribution in [0.3, 0.4) is 0 Å². The fraction of sp³-hybridized carbons (Fsp3) is 0.467. The summed E-state index contributed by atoms with van der Waals surface area (Å²) in [6, 6.07) is 5.13. The molecule has 0 heterocycles. The maximum Gasteiger partial charge on any atom is 0.328 e. The van der Waals surface area contributed by atoms with Crippen LogP contribution in [0.25, 0.3) is 0 Å². The Morgan fingerprint density at radius 3 is 2.48 bits per heavy atom. The zero-order valence-electron chi connectivity index (χ0n) is 12.4. The molecule has 0 aliphatic heterocycles. The summed E-state index contributed by atoms with van der Waals surface area (Å²) in [5.74, 6) is -0.960. The lowest BCUT2D eigenvalue weighted by Gasteiger charge is -2.17.